The van der Waals surface area contributed by atoms with E-state index in [2.05, 4.69) is 5.32 Å². The summed E-state index contributed by atoms with van der Waals surface area (Å²) in [5.74, 6) is 0.203. The van der Waals surface area contributed by atoms with Crippen molar-refractivity contribution in [2.24, 2.45) is 0 Å². The number of carbonyl (C=O) groups excluding carboxylic acids is 1. The second kappa shape index (κ2) is 11.2. The molecule has 1 amide bonds. The van der Waals surface area contributed by atoms with Crippen LogP contribution in [0.15, 0.2) is 36.4 Å². The standard InChI is InChI=1S/C22H28ClFN2O3S2/c1-5-21(26(31(4,28)29)17-10-9-15(2)16(3)13-17)22(27)25-11-12-30-14-18-19(23)7-6-8-20(18)24/h6-10,13,21H,5,11-12,14H2,1-4H3,(H,25,27)/t21-/m0/s1. The van der Waals surface area contributed by atoms with E-state index in [4.69, 9.17) is 11.6 Å². The monoisotopic (exact) mass is 486 g/mol. The summed E-state index contributed by atoms with van der Waals surface area (Å²) < 4.78 is 40.1. The third-order valence-corrected chi connectivity index (χ3v) is 7.45. The smallest absolute Gasteiger partial charge is 0.243 e. The van der Waals surface area contributed by atoms with Crippen LogP contribution in [0.25, 0.3) is 0 Å². The van der Waals surface area contributed by atoms with Crippen molar-refractivity contribution < 1.29 is 17.6 Å². The van der Waals surface area contributed by atoms with Crippen molar-refractivity contribution in [2.45, 2.75) is 39.0 Å². The van der Waals surface area contributed by atoms with E-state index in [0.717, 1.165) is 17.4 Å². The Bertz CT molecular complexity index is 1010. The fourth-order valence-corrected chi connectivity index (χ4v) is 5.53. The Morgan fingerprint density at radius 1 is 1.23 bits per heavy atom. The molecule has 0 aliphatic heterocycles. The lowest BCUT2D eigenvalue weighted by Gasteiger charge is -2.30. The van der Waals surface area contributed by atoms with Gasteiger partial charge in [-0.3, -0.25) is 9.10 Å². The second-order valence-electron chi connectivity index (χ2n) is 7.30. The van der Waals surface area contributed by atoms with Gasteiger partial charge in [0.2, 0.25) is 15.9 Å². The van der Waals surface area contributed by atoms with Crippen LogP contribution in [0.2, 0.25) is 5.02 Å². The molecule has 2 aromatic rings. The van der Waals surface area contributed by atoms with Crippen molar-refractivity contribution in [3.8, 4) is 0 Å². The van der Waals surface area contributed by atoms with Crippen LogP contribution < -0.4 is 9.62 Å². The molecule has 0 radical (unpaired) electrons. The van der Waals surface area contributed by atoms with Gasteiger partial charge in [0.05, 0.1) is 11.9 Å². The normalized spacial score (nSPS) is 12.5. The Kier molecular flexibility index (Phi) is 9.21. The first kappa shape index (κ1) is 25.5. The highest BCUT2D eigenvalue weighted by Crippen LogP contribution is 2.26. The van der Waals surface area contributed by atoms with Crippen molar-refractivity contribution in [1.29, 1.82) is 0 Å². The van der Waals surface area contributed by atoms with Crippen molar-refractivity contribution in [3.05, 3.63) is 63.9 Å². The van der Waals surface area contributed by atoms with Gasteiger partial charge in [0.15, 0.2) is 0 Å². The zero-order chi connectivity index (χ0) is 23.2. The van der Waals surface area contributed by atoms with Crippen LogP contribution in [-0.4, -0.2) is 38.9 Å². The lowest BCUT2D eigenvalue weighted by molar-refractivity contribution is -0.122. The van der Waals surface area contributed by atoms with Gasteiger partial charge in [-0.15, -0.1) is 0 Å². The van der Waals surface area contributed by atoms with Gasteiger partial charge in [-0.25, -0.2) is 12.8 Å². The molecule has 0 heterocycles. The van der Waals surface area contributed by atoms with Crippen molar-refractivity contribution >= 4 is 45.0 Å². The third kappa shape index (κ3) is 6.85. The number of amides is 1. The van der Waals surface area contributed by atoms with E-state index in [1.54, 1.807) is 31.2 Å². The topological polar surface area (TPSA) is 66.5 Å². The average molecular weight is 487 g/mol. The number of benzene rings is 2. The third-order valence-electron chi connectivity index (χ3n) is 4.93. The summed E-state index contributed by atoms with van der Waals surface area (Å²) in [4.78, 5) is 12.8. The summed E-state index contributed by atoms with van der Waals surface area (Å²) in [6.07, 6.45) is 1.43. The maximum atomic E-state index is 13.8. The first-order chi connectivity index (χ1) is 14.6. The van der Waals surface area contributed by atoms with E-state index < -0.39 is 16.1 Å². The molecule has 0 saturated heterocycles. The number of halogens is 2. The van der Waals surface area contributed by atoms with E-state index >= 15 is 0 Å². The molecule has 0 spiro atoms. The SMILES string of the molecule is CC[C@@H](C(=O)NCCSCc1c(F)cccc1Cl)N(c1ccc(C)c(C)c1)S(C)(=O)=O. The molecule has 0 fully saturated rings. The molecule has 0 unspecified atom stereocenters. The van der Waals surface area contributed by atoms with Crippen molar-refractivity contribution in [2.75, 3.05) is 22.9 Å². The molecule has 0 aromatic heterocycles. The maximum Gasteiger partial charge on any atom is 0.243 e. The van der Waals surface area contributed by atoms with Gasteiger partial charge in [-0.2, -0.15) is 11.8 Å². The number of carbonyl (C=O) groups is 1. The van der Waals surface area contributed by atoms with Gasteiger partial charge in [-0.1, -0.05) is 30.7 Å². The number of nitrogens with one attached hydrogen (secondary N) is 1. The van der Waals surface area contributed by atoms with Crippen LogP contribution in [0, 0.1) is 19.7 Å². The number of rotatable bonds is 10. The van der Waals surface area contributed by atoms with E-state index in [1.807, 2.05) is 19.9 Å². The molecule has 0 aliphatic rings. The Morgan fingerprint density at radius 3 is 2.52 bits per heavy atom. The van der Waals surface area contributed by atoms with Crippen LogP contribution in [-0.2, 0) is 20.6 Å². The fraction of sp³-hybridized carbons (Fsp3) is 0.409. The van der Waals surface area contributed by atoms with Gasteiger partial charge in [0.1, 0.15) is 11.9 Å². The van der Waals surface area contributed by atoms with Gasteiger partial charge < -0.3 is 5.32 Å². The summed E-state index contributed by atoms with van der Waals surface area (Å²) in [5, 5.41) is 3.18. The van der Waals surface area contributed by atoms with Crippen LogP contribution in [0.3, 0.4) is 0 Å². The first-order valence-electron chi connectivity index (χ1n) is 9.91. The van der Waals surface area contributed by atoms with Gasteiger partial charge in [0.25, 0.3) is 0 Å². The quantitative estimate of drug-likeness (QED) is 0.495. The van der Waals surface area contributed by atoms with Crippen LogP contribution in [0.4, 0.5) is 10.1 Å². The minimum absolute atomic E-state index is 0.323. The van der Waals surface area contributed by atoms with Crippen molar-refractivity contribution in [3.63, 3.8) is 0 Å². The highest BCUT2D eigenvalue weighted by atomic mass is 35.5. The molecular formula is C22H28ClFN2O3S2. The molecule has 0 bridgehead atoms. The van der Waals surface area contributed by atoms with E-state index in [0.29, 0.717) is 40.7 Å². The fourth-order valence-electron chi connectivity index (χ4n) is 3.13. The van der Waals surface area contributed by atoms with Crippen molar-refractivity contribution in [1.82, 2.24) is 5.32 Å². The highest BCUT2D eigenvalue weighted by Gasteiger charge is 2.31. The summed E-state index contributed by atoms with van der Waals surface area (Å²) >= 11 is 7.46. The maximum absolute atomic E-state index is 13.8. The van der Waals surface area contributed by atoms with Gasteiger partial charge in [-0.05, 0) is 55.7 Å². The Balaban J connectivity index is 2.02. The number of thioether (sulfide) groups is 1. The van der Waals surface area contributed by atoms with Gasteiger partial charge >= 0.3 is 0 Å². The predicted molar refractivity (Wildman–Crippen MR) is 128 cm³/mol. The average Bonchev–Trinajstić information content (AvgIpc) is 2.69. The predicted octanol–water partition coefficient (Wildman–Crippen LogP) is 4.69. The van der Waals surface area contributed by atoms with Crippen LogP contribution in [0.1, 0.15) is 30.0 Å². The number of aryl methyl sites for hydroxylation is 2. The second-order valence-corrected chi connectivity index (χ2v) is 10.7. The van der Waals surface area contributed by atoms with E-state index in [9.17, 15) is 17.6 Å². The number of hydrogen-bond donors (Lipinski definition) is 1. The summed E-state index contributed by atoms with van der Waals surface area (Å²) in [7, 11) is -3.67. The summed E-state index contributed by atoms with van der Waals surface area (Å²) in [5.41, 5.74) is 2.90. The zero-order valence-electron chi connectivity index (χ0n) is 18.1. The molecule has 2 aromatic carbocycles. The lowest BCUT2D eigenvalue weighted by atomic mass is 10.1. The van der Waals surface area contributed by atoms with E-state index in [-0.39, 0.29) is 11.7 Å². The molecule has 1 N–H and O–H groups in total. The summed E-state index contributed by atoms with van der Waals surface area (Å²) in [6.45, 7) is 5.95. The van der Waals surface area contributed by atoms with E-state index in [1.165, 1.54) is 22.1 Å². The largest absolute Gasteiger partial charge is 0.353 e. The molecular weight excluding hydrogens is 459 g/mol. The molecule has 170 valence electrons. The Morgan fingerprint density at radius 2 is 1.94 bits per heavy atom. The van der Waals surface area contributed by atoms with Gasteiger partial charge in [0, 0.05) is 28.6 Å². The highest BCUT2D eigenvalue weighted by molar-refractivity contribution is 7.98. The molecule has 31 heavy (non-hydrogen) atoms. The number of sulfonamides is 1. The number of anilines is 1. The minimum atomic E-state index is -3.67. The Hall–Kier alpha value is -1.77. The molecule has 9 heteroatoms. The van der Waals surface area contributed by atoms with Crippen LogP contribution in [0.5, 0.6) is 0 Å². The zero-order valence-corrected chi connectivity index (χ0v) is 20.5. The molecule has 5 nitrogen and oxygen atoms in total. The Labute approximate surface area is 193 Å². The molecule has 1 atom stereocenters. The lowest BCUT2D eigenvalue weighted by Crippen LogP contribution is -2.49. The van der Waals surface area contributed by atoms with Crippen LogP contribution >= 0.6 is 23.4 Å². The summed E-state index contributed by atoms with van der Waals surface area (Å²) in [6, 6.07) is 9.04. The number of nitrogens with zero attached hydrogens (tertiary/aromatic N) is 1. The number of hydrogen-bond acceptors (Lipinski definition) is 4. The molecule has 0 saturated carbocycles. The molecule has 2 rings (SSSR count). The molecule has 0 aliphatic carbocycles. The first-order valence-corrected chi connectivity index (χ1v) is 13.3. The minimum Gasteiger partial charge on any atom is -0.353 e.